The summed E-state index contributed by atoms with van der Waals surface area (Å²) in [6, 6.07) is 7.63. The first-order chi connectivity index (χ1) is 10.1. The van der Waals surface area contributed by atoms with Crippen LogP contribution in [0.25, 0.3) is 0 Å². The Labute approximate surface area is 128 Å². The van der Waals surface area contributed by atoms with Crippen LogP contribution in [-0.4, -0.2) is 25.7 Å². The number of rotatable bonds is 6. The number of anilines is 1. The van der Waals surface area contributed by atoms with Crippen LogP contribution >= 0.6 is 0 Å². The highest BCUT2D eigenvalue weighted by Crippen LogP contribution is 2.27. The Morgan fingerprint density at radius 2 is 2.05 bits per heavy atom. The van der Waals surface area contributed by atoms with E-state index in [0.717, 1.165) is 37.7 Å². The van der Waals surface area contributed by atoms with Gasteiger partial charge in [0.05, 0.1) is 5.69 Å². The van der Waals surface area contributed by atoms with Crippen LogP contribution in [-0.2, 0) is 0 Å². The van der Waals surface area contributed by atoms with E-state index < -0.39 is 0 Å². The standard InChI is InChI=1S/C18H29FN2/c1-4-15-11-16(20-10-9-14(2)3)13-21(12-15)18-8-6-5-7-17(18)19/h5-8,14-16,20H,4,9-13H2,1-3H3. The minimum atomic E-state index is -0.102. The summed E-state index contributed by atoms with van der Waals surface area (Å²) in [7, 11) is 0. The molecule has 21 heavy (non-hydrogen) atoms. The van der Waals surface area contributed by atoms with Crippen molar-refractivity contribution in [3.8, 4) is 0 Å². The third-order valence-electron chi connectivity index (χ3n) is 4.46. The molecule has 0 spiro atoms. The number of para-hydroxylation sites is 1. The van der Waals surface area contributed by atoms with Crippen molar-refractivity contribution >= 4 is 5.69 Å². The first kappa shape index (κ1) is 16.3. The van der Waals surface area contributed by atoms with Crippen molar-refractivity contribution in [2.24, 2.45) is 11.8 Å². The summed E-state index contributed by atoms with van der Waals surface area (Å²) in [5.74, 6) is 1.27. The van der Waals surface area contributed by atoms with Gasteiger partial charge < -0.3 is 10.2 Å². The predicted octanol–water partition coefficient (Wildman–Crippen LogP) is 4.07. The van der Waals surface area contributed by atoms with Crippen LogP contribution in [0, 0.1) is 17.7 Å². The smallest absolute Gasteiger partial charge is 0.146 e. The molecule has 1 aliphatic heterocycles. The Bertz CT molecular complexity index is 433. The average molecular weight is 292 g/mol. The quantitative estimate of drug-likeness (QED) is 0.850. The molecule has 2 nitrogen and oxygen atoms in total. The summed E-state index contributed by atoms with van der Waals surface area (Å²) in [5, 5.41) is 3.67. The molecule has 2 rings (SSSR count). The van der Waals surface area contributed by atoms with E-state index in [0.29, 0.717) is 12.0 Å². The zero-order chi connectivity index (χ0) is 15.2. The van der Waals surface area contributed by atoms with Gasteiger partial charge in [-0.3, -0.25) is 0 Å². The fourth-order valence-electron chi connectivity index (χ4n) is 3.13. The zero-order valence-electron chi connectivity index (χ0n) is 13.6. The van der Waals surface area contributed by atoms with Gasteiger partial charge >= 0.3 is 0 Å². The average Bonchev–Trinajstić information content (AvgIpc) is 2.47. The molecule has 3 heteroatoms. The van der Waals surface area contributed by atoms with Crippen molar-refractivity contribution < 1.29 is 4.39 Å². The molecule has 2 unspecified atom stereocenters. The van der Waals surface area contributed by atoms with Crippen molar-refractivity contribution in [2.75, 3.05) is 24.5 Å². The predicted molar refractivity (Wildman–Crippen MR) is 88.3 cm³/mol. The van der Waals surface area contributed by atoms with Gasteiger partial charge in [-0.15, -0.1) is 0 Å². The summed E-state index contributed by atoms with van der Waals surface area (Å²) < 4.78 is 14.0. The van der Waals surface area contributed by atoms with Crippen LogP contribution in [0.4, 0.5) is 10.1 Å². The summed E-state index contributed by atoms with van der Waals surface area (Å²) in [4.78, 5) is 2.22. The SMILES string of the molecule is CCC1CC(NCCC(C)C)CN(c2ccccc2F)C1. The van der Waals surface area contributed by atoms with Crippen molar-refractivity contribution in [1.82, 2.24) is 5.32 Å². The number of hydrogen-bond donors (Lipinski definition) is 1. The van der Waals surface area contributed by atoms with E-state index in [9.17, 15) is 4.39 Å². The van der Waals surface area contributed by atoms with Crippen LogP contribution in [0.2, 0.25) is 0 Å². The molecule has 0 radical (unpaired) electrons. The molecule has 1 saturated heterocycles. The lowest BCUT2D eigenvalue weighted by Crippen LogP contribution is -2.49. The van der Waals surface area contributed by atoms with Gasteiger partial charge in [0.25, 0.3) is 0 Å². The summed E-state index contributed by atoms with van der Waals surface area (Å²) in [6.07, 6.45) is 3.57. The van der Waals surface area contributed by atoms with Gasteiger partial charge in [-0.2, -0.15) is 0 Å². The summed E-state index contributed by atoms with van der Waals surface area (Å²) in [5.41, 5.74) is 0.756. The summed E-state index contributed by atoms with van der Waals surface area (Å²) in [6.45, 7) is 9.69. The van der Waals surface area contributed by atoms with E-state index in [4.69, 9.17) is 0 Å². The lowest BCUT2D eigenvalue weighted by Gasteiger charge is -2.39. The number of piperidine rings is 1. The zero-order valence-corrected chi connectivity index (χ0v) is 13.6. The molecular formula is C18H29FN2. The normalized spacial score (nSPS) is 22.8. The number of halogens is 1. The second-order valence-electron chi connectivity index (χ2n) is 6.70. The highest BCUT2D eigenvalue weighted by molar-refractivity contribution is 5.48. The lowest BCUT2D eigenvalue weighted by atomic mass is 9.91. The molecule has 1 heterocycles. The molecule has 1 aromatic rings. The first-order valence-corrected chi connectivity index (χ1v) is 8.33. The highest BCUT2D eigenvalue weighted by atomic mass is 19.1. The Morgan fingerprint density at radius 3 is 2.71 bits per heavy atom. The van der Waals surface area contributed by atoms with Crippen molar-refractivity contribution in [3.63, 3.8) is 0 Å². The second-order valence-corrected chi connectivity index (χ2v) is 6.70. The molecular weight excluding hydrogens is 263 g/mol. The van der Waals surface area contributed by atoms with E-state index >= 15 is 0 Å². The van der Waals surface area contributed by atoms with E-state index in [1.165, 1.54) is 12.8 Å². The number of hydrogen-bond acceptors (Lipinski definition) is 2. The van der Waals surface area contributed by atoms with Crippen molar-refractivity contribution in [3.05, 3.63) is 30.1 Å². The number of nitrogens with zero attached hydrogens (tertiary/aromatic N) is 1. The van der Waals surface area contributed by atoms with Gasteiger partial charge in [-0.05, 0) is 43.4 Å². The highest BCUT2D eigenvalue weighted by Gasteiger charge is 2.27. The van der Waals surface area contributed by atoms with Crippen LogP contribution in [0.5, 0.6) is 0 Å². The van der Waals surface area contributed by atoms with Crippen LogP contribution in [0.3, 0.4) is 0 Å². The third kappa shape index (κ3) is 4.70. The molecule has 2 atom stereocenters. The second kappa shape index (κ2) is 7.79. The molecule has 0 amide bonds. The maximum absolute atomic E-state index is 14.0. The van der Waals surface area contributed by atoms with Crippen LogP contribution in [0.1, 0.15) is 40.0 Å². The molecule has 0 bridgehead atoms. The van der Waals surface area contributed by atoms with Crippen LogP contribution in [0.15, 0.2) is 24.3 Å². The Kier molecular flexibility index (Phi) is 6.04. The van der Waals surface area contributed by atoms with E-state index in [1.54, 1.807) is 12.1 Å². The molecule has 1 N–H and O–H groups in total. The van der Waals surface area contributed by atoms with Gasteiger partial charge in [0.1, 0.15) is 5.82 Å². The fourth-order valence-corrected chi connectivity index (χ4v) is 3.13. The van der Waals surface area contributed by atoms with E-state index in [-0.39, 0.29) is 5.82 Å². The fraction of sp³-hybridized carbons (Fsp3) is 0.667. The van der Waals surface area contributed by atoms with Gasteiger partial charge in [-0.25, -0.2) is 4.39 Å². The number of benzene rings is 1. The number of nitrogens with one attached hydrogen (secondary N) is 1. The van der Waals surface area contributed by atoms with Crippen molar-refractivity contribution in [2.45, 2.75) is 46.1 Å². The Balaban J connectivity index is 2.00. The third-order valence-corrected chi connectivity index (χ3v) is 4.46. The Morgan fingerprint density at radius 1 is 1.29 bits per heavy atom. The van der Waals surface area contributed by atoms with Gasteiger partial charge in [0.15, 0.2) is 0 Å². The van der Waals surface area contributed by atoms with Crippen molar-refractivity contribution in [1.29, 1.82) is 0 Å². The van der Waals surface area contributed by atoms with Gasteiger partial charge in [0.2, 0.25) is 0 Å². The molecule has 0 saturated carbocycles. The van der Waals surface area contributed by atoms with E-state index in [2.05, 4.69) is 31.0 Å². The molecule has 1 aromatic carbocycles. The largest absolute Gasteiger partial charge is 0.367 e. The van der Waals surface area contributed by atoms with Gasteiger partial charge in [0, 0.05) is 19.1 Å². The minimum Gasteiger partial charge on any atom is -0.367 e. The lowest BCUT2D eigenvalue weighted by molar-refractivity contribution is 0.320. The van der Waals surface area contributed by atoms with Crippen LogP contribution < -0.4 is 10.2 Å². The maximum atomic E-state index is 14.0. The maximum Gasteiger partial charge on any atom is 0.146 e. The molecule has 1 aliphatic rings. The molecule has 0 aromatic heterocycles. The topological polar surface area (TPSA) is 15.3 Å². The first-order valence-electron chi connectivity index (χ1n) is 8.33. The van der Waals surface area contributed by atoms with Gasteiger partial charge in [-0.1, -0.05) is 39.3 Å². The summed E-state index contributed by atoms with van der Waals surface area (Å²) >= 11 is 0. The molecule has 1 fully saturated rings. The van der Waals surface area contributed by atoms with E-state index in [1.807, 2.05) is 12.1 Å². The monoisotopic (exact) mass is 292 g/mol. The molecule has 118 valence electrons. The molecule has 0 aliphatic carbocycles. The minimum absolute atomic E-state index is 0.102. The Hall–Kier alpha value is -1.09.